The van der Waals surface area contributed by atoms with Crippen LogP contribution in [-0.4, -0.2) is 65.2 Å². The zero-order chi connectivity index (χ0) is 17.3. The Morgan fingerprint density at radius 3 is 2.00 bits per heavy atom. The van der Waals surface area contributed by atoms with Gasteiger partial charge in [0.15, 0.2) is 0 Å². The summed E-state index contributed by atoms with van der Waals surface area (Å²) in [5, 5.41) is 5.90. The van der Waals surface area contributed by atoms with Crippen LogP contribution in [0.15, 0.2) is 0 Å². The van der Waals surface area contributed by atoms with Crippen molar-refractivity contribution >= 4 is 5.91 Å². The number of amides is 1. The quantitative estimate of drug-likeness (QED) is 0.422. The maximum absolute atomic E-state index is 11.5. The topological polar surface area (TPSA) is 68.8 Å². The van der Waals surface area contributed by atoms with Gasteiger partial charge in [0, 0.05) is 16.0 Å². The molecule has 0 aliphatic carbocycles. The van der Waals surface area contributed by atoms with Crippen LogP contribution in [0.4, 0.5) is 0 Å². The smallest absolute Gasteiger partial charge is 0.234 e. The first-order valence-corrected chi connectivity index (χ1v) is 8.73. The predicted octanol–water partition coefficient (Wildman–Crippen LogP) is 1.94. The summed E-state index contributed by atoms with van der Waals surface area (Å²) in [5.74, 6) is 1.23. The van der Waals surface area contributed by atoms with Crippen molar-refractivity contribution in [2.45, 2.75) is 34.1 Å². The zero-order valence-corrected chi connectivity index (χ0v) is 15.4. The molecule has 0 rings (SSSR count). The number of carbonyl (C=O) groups excluding carboxylic acids is 1. The molecule has 6 nitrogen and oxygen atoms in total. The molecule has 0 saturated carbocycles. The standard InChI is InChI=1S/C17H36N2O4.2H2/c1-15(2)5-7-21-9-11-23-12-10-22-8-6-19-17(20)14-18-13-16(3)4;;/h15-16,18H,5-14H2,1-4H3,(H,19,20);2*1H. The second-order valence-corrected chi connectivity index (χ2v) is 6.39. The van der Waals surface area contributed by atoms with E-state index in [9.17, 15) is 4.79 Å². The van der Waals surface area contributed by atoms with Gasteiger partial charge in [-0.3, -0.25) is 4.79 Å². The summed E-state index contributed by atoms with van der Waals surface area (Å²) in [7, 11) is 0. The number of hydrogen-bond donors (Lipinski definition) is 2. The van der Waals surface area contributed by atoms with Crippen molar-refractivity contribution in [3.63, 3.8) is 0 Å². The van der Waals surface area contributed by atoms with Crippen LogP contribution in [0.5, 0.6) is 0 Å². The Balaban J connectivity index is -0.00000242. The molecular weight excluding hydrogens is 296 g/mol. The van der Waals surface area contributed by atoms with E-state index in [2.05, 4.69) is 38.3 Å². The summed E-state index contributed by atoms with van der Waals surface area (Å²) < 4.78 is 16.2. The van der Waals surface area contributed by atoms with Crippen molar-refractivity contribution in [3.8, 4) is 0 Å². The summed E-state index contributed by atoms with van der Waals surface area (Å²) in [5.41, 5.74) is 0. The van der Waals surface area contributed by atoms with Crippen molar-refractivity contribution < 1.29 is 21.9 Å². The molecule has 142 valence electrons. The van der Waals surface area contributed by atoms with E-state index in [-0.39, 0.29) is 8.76 Å². The molecule has 0 aromatic heterocycles. The summed E-state index contributed by atoms with van der Waals surface area (Å²) >= 11 is 0. The van der Waals surface area contributed by atoms with Gasteiger partial charge in [0.25, 0.3) is 0 Å². The van der Waals surface area contributed by atoms with Gasteiger partial charge in [0.1, 0.15) is 0 Å². The number of carbonyl (C=O) groups is 1. The third-order valence-electron chi connectivity index (χ3n) is 2.99. The number of rotatable bonds is 16. The van der Waals surface area contributed by atoms with Crippen molar-refractivity contribution in [3.05, 3.63) is 0 Å². The van der Waals surface area contributed by atoms with Crippen LogP contribution in [0, 0.1) is 11.8 Å². The second kappa shape index (κ2) is 16.2. The first-order valence-electron chi connectivity index (χ1n) is 8.73. The zero-order valence-electron chi connectivity index (χ0n) is 15.4. The second-order valence-electron chi connectivity index (χ2n) is 6.39. The van der Waals surface area contributed by atoms with E-state index in [1.54, 1.807) is 0 Å². The number of hydrogen-bond acceptors (Lipinski definition) is 5. The van der Waals surface area contributed by atoms with Crippen LogP contribution in [0.25, 0.3) is 0 Å². The van der Waals surface area contributed by atoms with Gasteiger partial charge in [0.05, 0.1) is 39.6 Å². The molecule has 1 amide bonds. The molecule has 0 aromatic carbocycles. The summed E-state index contributed by atoms with van der Waals surface area (Å²) in [6, 6.07) is 0. The Labute approximate surface area is 144 Å². The Morgan fingerprint density at radius 1 is 0.870 bits per heavy atom. The first kappa shape index (κ1) is 22.3. The molecule has 0 aliphatic rings. The molecule has 0 atom stereocenters. The van der Waals surface area contributed by atoms with Crippen LogP contribution in [0.1, 0.15) is 37.0 Å². The lowest BCUT2D eigenvalue weighted by Crippen LogP contribution is -2.36. The lowest BCUT2D eigenvalue weighted by atomic mass is 10.1. The van der Waals surface area contributed by atoms with E-state index in [0.29, 0.717) is 58.0 Å². The Morgan fingerprint density at radius 2 is 1.43 bits per heavy atom. The van der Waals surface area contributed by atoms with E-state index in [0.717, 1.165) is 19.6 Å². The molecule has 0 saturated heterocycles. The largest absolute Gasteiger partial charge is 0.379 e. The molecule has 0 fully saturated rings. The van der Waals surface area contributed by atoms with Gasteiger partial charge in [-0.1, -0.05) is 27.7 Å². The molecule has 2 N–H and O–H groups in total. The molecular formula is C17H40N2O4. The highest BCUT2D eigenvalue weighted by Gasteiger charge is 2.00. The predicted molar refractivity (Wildman–Crippen MR) is 96.9 cm³/mol. The normalized spacial score (nSPS) is 11.4. The van der Waals surface area contributed by atoms with Gasteiger partial charge in [-0.05, 0) is 24.8 Å². The van der Waals surface area contributed by atoms with Gasteiger partial charge in [0.2, 0.25) is 5.91 Å². The van der Waals surface area contributed by atoms with Gasteiger partial charge in [-0.25, -0.2) is 0 Å². The van der Waals surface area contributed by atoms with Crippen LogP contribution in [0.2, 0.25) is 0 Å². The average Bonchev–Trinajstić information content (AvgIpc) is 2.47. The van der Waals surface area contributed by atoms with Gasteiger partial charge < -0.3 is 24.8 Å². The van der Waals surface area contributed by atoms with Gasteiger partial charge in [-0.2, -0.15) is 0 Å². The summed E-state index contributed by atoms with van der Waals surface area (Å²) in [6.45, 7) is 13.9. The maximum Gasteiger partial charge on any atom is 0.234 e. The van der Waals surface area contributed by atoms with Crippen molar-refractivity contribution in [2.24, 2.45) is 11.8 Å². The Bertz CT molecular complexity index is 283. The monoisotopic (exact) mass is 336 g/mol. The summed E-state index contributed by atoms with van der Waals surface area (Å²) in [6.07, 6.45) is 1.09. The molecule has 0 aliphatic heterocycles. The lowest BCUT2D eigenvalue weighted by Gasteiger charge is -2.09. The molecule has 0 unspecified atom stereocenters. The van der Waals surface area contributed by atoms with Crippen LogP contribution in [0.3, 0.4) is 0 Å². The highest BCUT2D eigenvalue weighted by atomic mass is 16.5. The SMILES string of the molecule is CC(C)CCOCCOCCOCCNC(=O)CNCC(C)C.[HH].[HH]. The van der Waals surface area contributed by atoms with Crippen molar-refractivity contribution in [1.82, 2.24) is 10.6 Å². The summed E-state index contributed by atoms with van der Waals surface area (Å²) in [4.78, 5) is 11.5. The van der Waals surface area contributed by atoms with E-state index in [4.69, 9.17) is 14.2 Å². The van der Waals surface area contributed by atoms with Crippen LogP contribution in [-0.2, 0) is 19.0 Å². The van der Waals surface area contributed by atoms with Gasteiger partial charge in [-0.15, -0.1) is 0 Å². The lowest BCUT2D eigenvalue weighted by molar-refractivity contribution is -0.120. The Hall–Kier alpha value is -0.690. The minimum atomic E-state index is 0. The molecule has 0 spiro atoms. The minimum absolute atomic E-state index is 0. The van der Waals surface area contributed by atoms with Crippen LogP contribution >= 0.6 is 0 Å². The van der Waals surface area contributed by atoms with Gasteiger partial charge >= 0.3 is 0 Å². The molecule has 6 heteroatoms. The van der Waals surface area contributed by atoms with E-state index in [1.165, 1.54) is 0 Å². The highest BCUT2D eigenvalue weighted by Crippen LogP contribution is 1.98. The fourth-order valence-corrected chi connectivity index (χ4v) is 1.66. The fraction of sp³-hybridized carbons (Fsp3) is 0.941. The van der Waals surface area contributed by atoms with Crippen LogP contribution < -0.4 is 10.6 Å². The Kier molecular flexibility index (Phi) is 15.7. The number of ether oxygens (including phenoxy) is 3. The highest BCUT2D eigenvalue weighted by molar-refractivity contribution is 5.77. The third-order valence-corrected chi connectivity index (χ3v) is 2.99. The molecule has 0 aromatic rings. The van der Waals surface area contributed by atoms with E-state index < -0.39 is 0 Å². The molecule has 0 radical (unpaired) electrons. The van der Waals surface area contributed by atoms with E-state index in [1.807, 2.05) is 0 Å². The van der Waals surface area contributed by atoms with Crippen molar-refractivity contribution in [1.29, 1.82) is 0 Å². The van der Waals surface area contributed by atoms with E-state index >= 15 is 0 Å². The molecule has 23 heavy (non-hydrogen) atoms. The first-order chi connectivity index (χ1) is 11.0. The third kappa shape index (κ3) is 19.3. The maximum atomic E-state index is 11.5. The van der Waals surface area contributed by atoms with Crippen molar-refractivity contribution in [2.75, 3.05) is 59.3 Å². The fourth-order valence-electron chi connectivity index (χ4n) is 1.66. The molecule has 0 heterocycles. The average molecular weight is 337 g/mol. The number of nitrogens with one attached hydrogen (secondary N) is 2. The minimum Gasteiger partial charge on any atom is -0.379 e. The molecule has 0 bridgehead atoms.